The van der Waals surface area contributed by atoms with Crippen LogP contribution >= 0.6 is 23.1 Å². The number of carboxylic acids is 1. The number of aliphatic carboxylic acids is 1. The highest BCUT2D eigenvalue weighted by Crippen LogP contribution is 2.45. The van der Waals surface area contributed by atoms with Gasteiger partial charge in [-0.1, -0.05) is 6.92 Å². The van der Waals surface area contributed by atoms with Crippen LogP contribution in [0, 0.1) is 5.92 Å². The molecule has 3 amide bonds. The van der Waals surface area contributed by atoms with Crippen molar-refractivity contribution in [2.45, 2.75) is 49.7 Å². The smallest absolute Gasteiger partial charge is 0.341 e. The van der Waals surface area contributed by atoms with Gasteiger partial charge in [-0.05, 0) is 61.9 Å². The number of thioether (sulfide) groups is 1. The summed E-state index contributed by atoms with van der Waals surface area (Å²) in [6.45, 7) is 4.07. The van der Waals surface area contributed by atoms with Gasteiger partial charge in [0, 0.05) is 34.0 Å². The number of thiophene rings is 1. The third-order valence-corrected chi connectivity index (χ3v) is 8.50. The highest BCUT2D eigenvalue weighted by molar-refractivity contribution is 8.00. The molecule has 1 fully saturated rings. The van der Waals surface area contributed by atoms with Gasteiger partial charge in [-0.2, -0.15) is 0 Å². The topological polar surface area (TPSA) is 130 Å². The monoisotopic (exact) mass is 542 g/mol. The summed E-state index contributed by atoms with van der Waals surface area (Å²) in [5.41, 5.74) is 1.69. The zero-order valence-corrected chi connectivity index (χ0v) is 21.9. The molecule has 9 nitrogen and oxygen atoms in total. The first kappa shape index (κ1) is 26.6. The number of carboxylic acid groups (broad SMARTS) is 1. The summed E-state index contributed by atoms with van der Waals surface area (Å²) in [4.78, 5) is 64.5. The van der Waals surface area contributed by atoms with E-state index in [-0.39, 0.29) is 24.8 Å². The fraction of sp³-hybridized carbons (Fsp3) is 0.346. The predicted octanol–water partition coefficient (Wildman–Crippen LogP) is 4.05. The third-order valence-electron chi connectivity index (χ3n) is 6.06. The van der Waals surface area contributed by atoms with E-state index in [4.69, 9.17) is 9.84 Å². The van der Waals surface area contributed by atoms with Gasteiger partial charge in [0.1, 0.15) is 5.00 Å². The second-order valence-electron chi connectivity index (χ2n) is 8.82. The third kappa shape index (κ3) is 5.94. The van der Waals surface area contributed by atoms with Gasteiger partial charge in [0.15, 0.2) is 0 Å². The van der Waals surface area contributed by atoms with Crippen LogP contribution in [0.4, 0.5) is 10.7 Å². The van der Waals surface area contributed by atoms with Crippen LogP contribution in [0.2, 0.25) is 0 Å². The molecule has 1 aromatic carbocycles. The maximum absolute atomic E-state index is 13.4. The molecule has 1 aliphatic carbocycles. The molecule has 1 saturated heterocycles. The Morgan fingerprint density at radius 1 is 1.19 bits per heavy atom. The highest BCUT2D eigenvalue weighted by atomic mass is 32.2. The van der Waals surface area contributed by atoms with Crippen molar-refractivity contribution in [3.8, 4) is 0 Å². The lowest BCUT2D eigenvalue weighted by molar-refractivity contribution is -0.131. The molecule has 2 N–H and O–H groups in total. The molecule has 0 spiro atoms. The lowest BCUT2D eigenvalue weighted by Gasteiger charge is -2.18. The van der Waals surface area contributed by atoms with Gasteiger partial charge >= 0.3 is 11.9 Å². The zero-order valence-electron chi connectivity index (χ0n) is 20.3. The van der Waals surface area contributed by atoms with Gasteiger partial charge in [0.25, 0.3) is 0 Å². The molecular formula is C26H26N2O7S2. The highest BCUT2D eigenvalue weighted by Gasteiger charge is 2.44. The van der Waals surface area contributed by atoms with Crippen LogP contribution in [0.15, 0.2) is 41.3 Å². The summed E-state index contributed by atoms with van der Waals surface area (Å²) in [5, 5.41) is 10.9. The van der Waals surface area contributed by atoms with Crippen LogP contribution in [-0.2, 0) is 36.8 Å². The summed E-state index contributed by atoms with van der Waals surface area (Å²) in [5.74, 6) is -2.57. The number of ether oxygens (including phenoxy) is 1. The molecule has 2 unspecified atom stereocenters. The molecule has 2 aliphatic rings. The van der Waals surface area contributed by atoms with Crippen molar-refractivity contribution in [1.29, 1.82) is 0 Å². The van der Waals surface area contributed by atoms with E-state index in [1.807, 2.05) is 0 Å². The van der Waals surface area contributed by atoms with Crippen molar-refractivity contribution in [3.05, 3.63) is 52.4 Å². The van der Waals surface area contributed by atoms with E-state index in [2.05, 4.69) is 12.2 Å². The van der Waals surface area contributed by atoms with E-state index in [1.54, 1.807) is 31.2 Å². The maximum Gasteiger partial charge on any atom is 0.341 e. The lowest BCUT2D eigenvalue weighted by Crippen LogP contribution is -2.32. The molecule has 194 valence electrons. The van der Waals surface area contributed by atoms with E-state index in [1.165, 1.54) is 23.1 Å². The fourth-order valence-electron chi connectivity index (χ4n) is 4.33. The normalized spacial score (nSPS) is 19.2. The molecule has 37 heavy (non-hydrogen) atoms. The predicted molar refractivity (Wildman–Crippen MR) is 140 cm³/mol. The number of nitrogens with zero attached hydrogens (tertiary/aromatic N) is 1. The first-order valence-electron chi connectivity index (χ1n) is 11.8. The number of nitrogens with one attached hydrogen (secondary N) is 1. The second-order valence-corrected chi connectivity index (χ2v) is 11.2. The van der Waals surface area contributed by atoms with Gasteiger partial charge in [-0.25, -0.2) is 14.5 Å². The van der Waals surface area contributed by atoms with E-state index >= 15 is 0 Å². The van der Waals surface area contributed by atoms with E-state index in [0.29, 0.717) is 28.6 Å². The van der Waals surface area contributed by atoms with Crippen LogP contribution in [0.1, 0.15) is 47.5 Å². The quantitative estimate of drug-likeness (QED) is 0.290. The van der Waals surface area contributed by atoms with Crippen molar-refractivity contribution in [3.63, 3.8) is 0 Å². The summed E-state index contributed by atoms with van der Waals surface area (Å²) in [7, 11) is 0. The van der Waals surface area contributed by atoms with Crippen LogP contribution in [0.25, 0.3) is 0 Å². The minimum atomic E-state index is -1.22. The van der Waals surface area contributed by atoms with Crippen molar-refractivity contribution in [2.24, 2.45) is 5.92 Å². The number of fused-ring (bicyclic) bond motifs is 1. The molecule has 4 rings (SSSR count). The molecule has 0 radical (unpaired) electrons. The standard InChI is InChI=1S/C26H26N2O7S2/c1-3-35-26(34)23-17-9-4-14(2)12-18(17)37-25(23)28-21(30)13-19(24(28)33)36-16-7-5-15(6-8-16)27-20(29)10-11-22(31)32/h5-8,10-11,14,19H,3-4,9,12-13H2,1-2H3,(H,27,29)(H,31,32)/b11-10+. The molecular weight excluding hydrogens is 516 g/mol. The average molecular weight is 543 g/mol. The summed E-state index contributed by atoms with van der Waals surface area (Å²) >= 11 is 2.57. The average Bonchev–Trinajstić information content (AvgIpc) is 3.34. The van der Waals surface area contributed by atoms with Crippen LogP contribution < -0.4 is 10.2 Å². The van der Waals surface area contributed by atoms with Crippen molar-refractivity contribution in [2.75, 3.05) is 16.8 Å². The Morgan fingerprint density at radius 3 is 2.59 bits per heavy atom. The van der Waals surface area contributed by atoms with Crippen LogP contribution in [-0.4, -0.2) is 46.6 Å². The van der Waals surface area contributed by atoms with Gasteiger partial charge in [-0.15, -0.1) is 23.1 Å². The first-order chi connectivity index (χ1) is 17.7. The maximum atomic E-state index is 13.4. The van der Waals surface area contributed by atoms with Crippen LogP contribution in [0.3, 0.4) is 0 Å². The summed E-state index contributed by atoms with van der Waals surface area (Å²) in [6, 6.07) is 6.66. The Morgan fingerprint density at radius 2 is 1.92 bits per heavy atom. The van der Waals surface area contributed by atoms with Gasteiger partial charge in [0.05, 0.1) is 17.4 Å². The number of carbonyl (C=O) groups excluding carboxylic acids is 4. The Kier molecular flexibility index (Phi) is 8.13. The Hall–Kier alpha value is -3.44. The van der Waals surface area contributed by atoms with Crippen LogP contribution in [0.5, 0.6) is 0 Å². The van der Waals surface area contributed by atoms with E-state index in [9.17, 15) is 24.0 Å². The molecule has 1 aliphatic heterocycles. The molecule has 1 aromatic heterocycles. The number of benzene rings is 1. The number of hydrogen-bond donors (Lipinski definition) is 2. The number of imide groups is 1. The zero-order chi connectivity index (χ0) is 26.7. The summed E-state index contributed by atoms with van der Waals surface area (Å²) in [6.07, 6.45) is 4.10. The minimum Gasteiger partial charge on any atom is -0.478 e. The molecule has 0 saturated carbocycles. The fourth-order valence-corrected chi connectivity index (χ4v) is 6.90. The molecule has 0 bridgehead atoms. The number of esters is 1. The Bertz CT molecular complexity index is 1280. The lowest BCUT2D eigenvalue weighted by atomic mass is 9.88. The van der Waals surface area contributed by atoms with Gasteiger partial charge in [0.2, 0.25) is 17.7 Å². The van der Waals surface area contributed by atoms with Crippen molar-refractivity contribution >= 4 is 63.4 Å². The second kappa shape index (κ2) is 11.3. The molecule has 2 atom stereocenters. The molecule has 2 heterocycles. The molecule has 2 aromatic rings. The van der Waals surface area contributed by atoms with Gasteiger partial charge in [-0.3, -0.25) is 14.4 Å². The number of anilines is 2. The van der Waals surface area contributed by atoms with E-state index < -0.39 is 23.1 Å². The van der Waals surface area contributed by atoms with Gasteiger partial charge < -0.3 is 15.2 Å². The van der Waals surface area contributed by atoms with E-state index in [0.717, 1.165) is 45.2 Å². The Balaban J connectivity index is 1.51. The number of amides is 3. The number of carbonyl (C=O) groups is 5. The number of rotatable bonds is 8. The van der Waals surface area contributed by atoms with Crippen molar-refractivity contribution < 1.29 is 33.8 Å². The summed E-state index contributed by atoms with van der Waals surface area (Å²) < 4.78 is 5.29. The SMILES string of the molecule is CCOC(=O)c1c(N2C(=O)CC(Sc3ccc(NC(=O)/C=C/C(=O)O)cc3)C2=O)sc2c1CCC(C)C2. The van der Waals surface area contributed by atoms with Crippen molar-refractivity contribution in [1.82, 2.24) is 0 Å². The largest absolute Gasteiger partial charge is 0.478 e. The Labute approximate surface area is 221 Å². The molecule has 11 heteroatoms. The first-order valence-corrected chi connectivity index (χ1v) is 13.5. The number of hydrogen-bond acceptors (Lipinski definition) is 8. The minimum absolute atomic E-state index is 0.00318.